The minimum absolute atomic E-state index is 0.237. The van der Waals surface area contributed by atoms with Gasteiger partial charge in [0, 0.05) is 5.69 Å². The minimum atomic E-state index is -0.675. The Kier molecular flexibility index (Phi) is 4.81. The average Bonchev–Trinajstić information content (AvgIpc) is 2.45. The fourth-order valence-electron chi connectivity index (χ4n) is 2.37. The molecule has 1 N–H and O–H groups in total. The van der Waals surface area contributed by atoms with E-state index in [0.717, 1.165) is 22.4 Å². The Hall–Kier alpha value is -2.36. The second-order valence-electron chi connectivity index (χ2n) is 5.48. The van der Waals surface area contributed by atoms with Crippen molar-refractivity contribution in [2.45, 2.75) is 33.8 Å². The molecule has 3 nitrogen and oxygen atoms in total. The molecule has 1 amide bonds. The van der Waals surface area contributed by atoms with E-state index in [2.05, 4.69) is 5.32 Å². The summed E-state index contributed by atoms with van der Waals surface area (Å²) in [6, 6.07) is 9.65. The van der Waals surface area contributed by atoms with Gasteiger partial charge in [-0.3, -0.25) is 4.79 Å². The summed E-state index contributed by atoms with van der Waals surface area (Å²) in [5.41, 5.74) is 3.99. The first-order valence-corrected chi connectivity index (χ1v) is 7.18. The quantitative estimate of drug-likeness (QED) is 0.921. The molecule has 2 aromatic carbocycles. The van der Waals surface area contributed by atoms with E-state index in [-0.39, 0.29) is 11.7 Å². The molecule has 116 valence electrons. The third-order valence-corrected chi connectivity index (χ3v) is 3.42. The summed E-state index contributed by atoms with van der Waals surface area (Å²) in [6.45, 7) is 7.60. The number of carbonyl (C=O) groups excluding carboxylic acids is 1. The summed E-state index contributed by atoms with van der Waals surface area (Å²) in [6.07, 6.45) is -0.675. The smallest absolute Gasteiger partial charge is 0.265 e. The number of rotatable bonds is 4. The summed E-state index contributed by atoms with van der Waals surface area (Å²) >= 11 is 0. The van der Waals surface area contributed by atoms with Crippen molar-refractivity contribution < 1.29 is 13.9 Å². The Labute approximate surface area is 130 Å². The summed E-state index contributed by atoms with van der Waals surface area (Å²) in [5.74, 6) is -0.115. The Morgan fingerprint density at radius 2 is 1.64 bits per heavy atom. The number of benzene rings is 2. The number of carbonyl (C=O) groups is 1. The van der Waals surface area contributed by atoms with Crippen LogP contribution in [0, 0.1) is 26.6 Å². The predicted molar refractivity (Wildman–Crippen MR) is 85.8 cm³/mol. The van der Waals surface area contributed by atoms with Crippen molar-refractivity contribution in [3.8, 4) is 5.75 Å². The third kappa shape index (κ3) is 3.85. The topological polar surface area (TPSA) is 38.3 Å². The van der Waals surface area contributed by atoms with Crippen molar-refractivity contribution in [1.29, 1.82) is 0 Å². The highest BCUT2D eigenvalue weighted by atomic mass is 19.1. The monoisotopic (exact) mass is 301 g/mol. The Bertz CT molecular complexity index is 657. The normalized spacial score (nSPS) is 11.9. The van der Waals surface area contributed by atoms with E-state index >= 15 is 0 Å². The fraction of sp³-hybridized carbons (Fsp3) is 0.278. The predicted octanol–water partition coefficient (Wildman–Crippen LogP) is 4.16. The first kappa shape index (κ1) is 16.0. The van der Waals surface area contributed by atoms with Crippen LogP contribution < -0.4 is 10.1 Å². The second-order valence-corrected chi connectivity index (χ2v) is 5.48. The molecule has 1 atom stereocenters. The minimum Gasteiger partial charge on any atom is -0.481 e. The maximum Gasteiger partial charge on any atom is 0.265 e. The number of halogens is 1. The van der Waals surface area contributed by atoms with Crippen LogP contribution in [0.5, 0.6) is 5.75 Å². The van der Waals surface area contributed by atoms with E-state index in [0.29, 0.717) is 5.75 Å². The van der Waals surface area contributed by atoms with Crippen molar-refractivity contribution in [3.05, 3.63) is 58.9 Å². The number of amides is 1. The molecule has 0 fully saturated rings. The maximum absolute atomic E-state index is 12.9. The first-order valence-electron chi connectivity index (χ1n) is 7.18. The molecule has 0 saturated heterocycles. The van der Waals surface area contributed by atoms with Crippen LogP contribution in [0.2, 0.25) is 0 Å². The molecule has 0 spiro atoms. The summed E-state index contributed by atoms with van der Waals surface area (Å²) < 4.78 is 18.4. The lowest BCUT2D eigenvalue weighted by Crippen LogP contribution is -2.30. The molecule has 4 heteroatoms. The number of aryl methyl sites for hydroxylation is 3. The van der Waals surface area contributed by atoms with Gasteiger partial charge in [-0.2, -0.15) is 0 Å². The van der Waals surface area contributed by atoms with Gasteiger partial charge >= 0.3 is 0 Å². The van der Waals surface area contributed by atoms with Gasteiger partial charge < -0.3 is 10.1 Å². The van der Waals surface area contributed by atoms with Gasteiger partial charge in [0.2, 0.25) is 0 Å². The van der Waals surface area contributed by atoms with Gasteiger partial charge in [0.05, 0.1) is 0 Å². The first-order chi connectivity index (χ1) is 10.4. The molecule has 2 aromatic rings. The van der Waals surface area contributed by atoms with E-state index in [4.69, 9.17) is 4.74 Å². The molecule has 0 bridgehead atoms. The Morgan fingerprint density at radius 3 is 2.18 bits per heavy atom. The largest absolute Gasteiger partial charge is 0.481 e. The molecule has 22 heavy (non-hydrogen) atoms. The summed E-state index contributed by atoms with van der Waals surface area (Å²) in [4.78, 5) is 12.3. The lowest BCUT2D eigenvalue weighted by Gasteiger charge is -2.17. The lowest BCUT2D eigenvalue weighted by atomic mass is 10.0. The molecular formula is C18H20FNO2. The highest BCUT2D eigenvalue weighted by molar-refractivity contribution is 5.95. The number of hydrogen-bond acceptors (Lipinski definition) is 2. The van der Waals surface area contributed by atoms with Gasteiger partial charge in [-0.05, 0) is 63.1 Å². The van der Waals surface area contributed by atoms with E-state index in [1.54, 1.807) is 6.92 Å². The van der Waals surface area contributed by atoms with Crippen LogP contribution in [0.25, 0.3) is 0 Å². The number of hydrogen-bond donors (Lipinski definition) is 1. The van der Waals surface area contributed by atoms with Crippen LogP contribution in [0.1, 0.15) is 23.6 Å². The van der Waals surface area contributed by atoms with Gasteiger partial charge in [0.1, 0.15) is 11.6 Å². The van der Waals surface area contributed by atoms with E-state index < -0.39 is 6.10 Å². The zero-order valence-corrected chi connectivity index (χ0v) is 13.2. The van der Waals surface area contributed by atoms with Crippen molar-refractivity contribution >= 4 is 11.6 Å². The third-order valence-electron chi connectivity index (χ3n) is 3.42. The van der Waals surface area contributed by atoms with Crippen LogP contribution in [0.4, 0.5) is 10.1 Å². The molecule has 0 unspecified atom stereocenters. The van der Waals surface area contributed by atoms with Crippen molar-refractivity contribution in [1.82, 2.24) is 0 Å². The van der Waals surface area contributed by atoms with Crippen LogP contribution in [-0.4, -0.2) is 12.0 Å². The Morgan fingerprint density at radius 1 is 1.09 bits per heavy atom. The molecule has 0 heterocycles. The van der Waals surface area contributed by atoms with Gasteiger partial charge in [-0.15, -0.1) is 0 Å². The molecule has 0 aromatic heterocycles. The van der Waals surface area contributed by atoms with Crippen molar-refractivity contribution in [2.24, 2.45) is 0 Å². The van der Waals surface area contributed by atoms with E-state index in [9.17, 15) is 9.18 Å². The average molecular weight is 301 g/mol. The van der Waals surface area contributed by atoms with Gasteiger partial charge in [-0.25, -0.2) is 4.39 Å². The summed E-state index contributed by atoms with van der Waals surface area (Å²) in [7, 11) is 0. The zero-order chi connectivity index (χ0) is 16.3. The zero-order valence-electron chi connectivity index (χ0n) is 13.2. The SMILES string of the molecule is Cc1cc(C)c(NC(=O)[C@H](C)Oc2ccc(F)cc2)c(C)c1. The van der Waals surface area contributed by atoms with Crippen molar-refractivity contribution in [3.63, 3.8) is 0 Å². The molecule has 2 rings (SSSR count). The van der Waals surface area contributed by atoms with Gasteiger partial charge in [0.15, 0.2) is 6.10 Å². The van der Waals surface area contributed by atoms with Gasteiger partial charge in [0.25, 0.3) is 5.91 Å². The molecular weight excluding hydrogens is 281 g/mol. The fourth-order valence-corrected chi connectivity index (χ4v) is 2.37. The highest BCUT2D eigenvalue weighted by Crippen LogP contribution is 2.22. The van der Waals surface area contributed by atoms with E-state index in [1.165, 1.54) is 24.3 Å². The molecule has 0 aliphatic carbocycles. The lowest BCUT2D eigenvalue weighted by molar-refractivity contribution is -0.122. The molecule has 0 aliphatic heterocycles. The maximum atomic E-state index is 12.9. The van der Waals surface area contributed by atoms with Crippen LogP contribution >= 0.6 is 0 Å². The van der Waals surface area contributed by atoms with Crippen LogP contribution in [-0.2, 0) is 4.79 Å². The molecule has 0 radical (unpaired) electrons. The van der Waals surface area contributed by atoms with E-state index in [1.807, 2.05) is 32.9 Å². The number of ether oxygens (including phenoxy) is 1. The van der Waals surface area contributed by atoms with Crippen molar-refractivity contribution in [2.75, 3.05) is 5.32 Å². The van der Waals surface area contributed by atoms with Gasteiger partial charge in [-0.1, -0.05) is 17.7 Å². The number of anilines is 1. The van der Waals surface area contributed by atoms with Crippen LogP contribution in [0.15, 0.2) is 36.4 Å². The second kappa shape index (κ2) is 6.60. The van der Waals surface area contributed by atoms with Crippen LogP contribution in [0.3, 0.4) is 0 Å². The Balaban J connectivity index is 2.07. The molecule has 0 aliphatic rings. The standard InChI is InChI=1S/C18H20FNO2/c1-11-9-12(2)17(13(3)10-11)20-18(21)14(4)22-16-7-5-15(19)6-8-16/h5-10,14H,1-4H3,(H,20,21)/t14-/m0/s1. The highest BCUT2D eigenvalue weighted by Gasteiger charge is 2.17. The number of nitrogens with one attached hydrogen (secondary N) is 1. The molecule has 0 saturated carbocycles. The summed E-state index contributed by atoms with van der Waals surface area (Å²) in [5, 5.41) is 2.90.